The monoisotopic (exact) mass is 399 g/mol. The van der Waals surface area contributed by atoms with Crippen LogP contribution in [0.1, 0.15) is 6.42 Å². The number of nitro groups is 2. The summed E-state index contributed by atoms with van der Waals surface area (Å²) < 4.78 is 0. The summed E-state index contributed by atoms with van der Waals surface area (Å²) in [4.78, 5) is 37.4. The second kappa shape index (κ2) is 9.00. The Morgan fingerprint density at radius 2 is 1.48 bits per heavy atom. The van der Waals surface area contributed by atoms with Crippen LogP contribution in [0.15, 0.2) is 48.5 Å². The van der Waals surface area contributed by atoms with Gasteiger partial charge in [0.25, 0.3) is 11.4 Å². The van der Waals surface area contributed by atoms with Crippen molar-refractivity contribution in [2.45, 2.75) is 6.42 Å². The van der Waals surface area contributed by atoms with Gasteiger partial charge in [-0.2, -0.15) is 0 Å². The van der Waals surface area contributed by atoms with E-state index >= 15 is 0 Å². The third-order valence-electron chi connectivity index (χ3n) is 4.81. The lowest BCUT2D eigenvalue weighted by atomic mass is 10.2. The Morgan fingerprint density at radius 1 is 0.897 bits per heavy atom. The Hall–Kier alpha value is -3.69. The number of nitrogens with zero attached hydrogens (tertiary/aromatic N) is 4. The SMILES string of the molecule is O=C(CCNc1ccccc1[N+](=O)[O-])N1CCN(c2ccccc2[N+](=O)[O-])CC1. The summed E-state index contributed by atoms with van der Waals surface area (Å²) in [5.41, 5.74) is 0.966. The number of carbonyl (C=O) groups excluding carboxylic acids is 1. The van der Waals surface area contributed by atoms with Crippen molar-refractivity contribution in [2.24, 2.45) is 0 Å². The van der Waals surface area contributed by atoms with E-state index in [-0.39, 0.29) is 30.2 Å². The Kier molecular flexibility index (Phi) is 6.22. The van der Waals surface area contributed by atoms with E-state index in [9.17, 15) is 25.0 Å². The van der Waals surface area contributed by atoms with Gasteiger partial charge in [0.2, 0.25) is 5.91 Å². The van der Waals surface area contributed by atoms with E-state index in [0.29, 0.717) is 37.6 Å². The summed E-state index contributed by atoms with van der Waals surface area (Å²) in [6.45, 7) is 2.24. The molecule has 0 aliphatic carbocycles. The number of para-hydroxylation sites is 4. The van der Waals surface area contributed by atoms with Gasteiger partial charge in [0.15, 0.2) is 0 Å². The molecule has 2 aromatic rings. The van der Waals surface area contributed by atoms with E-state index in [1.165, 1.54) is 12.1 Å². The normalized spacial score (nSPS) is 13.8. The quantitative estimate of drug-likeness (QED) is 0.561. The number of rotatable bonds is 7. The molecular formula is C19H21N5O5. The molecule has 0 saturated carbocycles. The van der Waals surface area contributed by atoms with Gasteiger partial charge in [0, 0.05) is 51.3 Å². The van der Waals surface area contributed by atoms with Gasteiger partial charge in [-0.25, -0.2) is 0 Å². The van der Waals surface area contributed by atoms with Gasteiger partial charge in [0.1, 0.15) is 11.4 Å². The molecule has 0 spiro atoms. The topological polar surface area (TPSA) is 122 Å². The Labute approximate surface area is 167 Å². The molecular weight excluding hydrogens is 378 g/mol. The van der Waals surface area contributed by atoms with Gasteiger partial charge < -0.3 is 15.1 Å². The van der Waals surface area contributed by atoms with Crippen molar-refractivity contribution in [1.29, 1.82) is 0 Å². The fourth-order valence-corrected chi connectivity index (χ4v) is 3.33. The number of amides is 1. The molecule has 10 nitrogen and oxygen atoms in total. The molecule has 1 aliphatic heterocycles. The number of hydrogen-bond donors (Lipinski definition) is 1. The molecule has 0 aromatic heterocycles. The van der Waals surface area contributed by atoms with E-state index in [4.69, 9.17) is 0 Å². The Bertz CT molecular complexity index is 911. The molecule has 0 unspecified atom stereocenters. The molecule has 1 aliphatic rings. The first-order valence-electron chi connectivity index (χ1n) is 9.21. The van der Waals surface area contributed by atoms with Crippen LogP contribution in [0.3, 0.4) is 0 Å². The van der Waals surface area contributed by atoms with E-state index in [2.05, 4.69) is 5.32 Å². The number of piperazine rings is 1. The standard InChI is InChI=1S/C19H21N5O5/c25-19(9-10-20-15-5-1-2-6-16(15)23(26)27)22-13-11-21(12-14-22)17-7-3-4-8-18(17)24(28)29/h1-8,20H,9-14H2. The predicted molar refractivity (Wildman–Crippen MR) is 108 cm³/mol. The van der Waals surface area contributed by atoms with Gasteiger partial charge in [-0.1, -0.05) is 24.3 Å². The van der Waals surface area contributed by atoms with Crippen LogP contribution in [0, 0.1) is 20.2 Å². The maximum Gasteiger partial charge on any atom is 0.292 e. The second-order valence-electron chi connectivity index (χ2n) is 6.56. The van der Waals surface area contributed by atoms with Gasteiger partial charge >= 0.3 is 0 Å². The number of anilines is 2. The van der Waals surface area contributed by atoms with E-state index in [1.54, 1.807) is 41.3 Å². The molecule has 1 heterocycles. The first-order valence-corrected chi connectivity index (χ1v) is 9.21. The average Bonchev–Trinajstić information content (AvgIpc) is 2.74. The second-order valence-corrected chi connectivity index (χ2v) is 6.56. The predicted octanol–water partition coefficient (Wildman–Crippen LogP) is 2.65. The molecule has 152 valence electrons. The number of hydrogen-bond acceptors (Lipinski definition) is 7. The van der Waals surface area contributed by atoms with Crippen LogP contribution in [-0.2, 0) is 4.79 Å². The number of nitro benzene ring substituents is 2. The fraction of sp³-hybridized carbons (Fsp3) is 0.316. The molecule has 1 N–H and O–H groups in total. The molecule has 0 atom stereocenters. The summed E-state index contributed by atoms with van der Waals surface area (Å²) >= 11 is 0. The summed E-state index contributed by atoms with van der Waals surface area (Å²) in [7, 11) is 0. The molecule has 0 radical (unpaired) electrons. The van der Waals surface area contributed by atoms with Crippen molar-refractivity contribution in [1.82, 2.24) is 4.90 Å². The largest absolute Gasteiger partial charge is 0.379 e. The highest BCUT2D eigenvalue weighted by atomic mass is 16.6. The molecule has 10 heteroatoms. The van der Waals surface area contributed by atoms with Crippen LogP contribution in [-0.4, -0.2) is 53.4 Å². The van der Waals surface area contributed by atoms with Gasteiger partial charge in [-0.15, -0.1) is 0 Å². The zero-order valence-corrected chi connectivity index (χ0v) is 15.7. The molecule has 29 heavy (non-hydrogen) atoms. The van der Waals surface area contributed by atoms with Crippen molar-refractivity contribution in [3.8, 4) is 0 Å². The first-order chi connectivity index (χ1) is 14.0. The summed E-state index contributed by atoms with van der Waals surface area (Å²) in [6.07, 6.45) is 0.206. The highest BCUT2D eigenvalue weighted by molar-refractivity contribution is 5.77. The number of nitrogens with one attached hydrogen (secondary N) is 1. The van der Waals surface area contributed by atoms with Crippen LogP contribution in [0.25, 0.3) is 0 Å². The van der Waals surface area contributed by atoms with Crippen molar-refractivity contribution in [2.75, 3.05) is 42.9 Å². The van der Waals surface area contributed by atoms with E-state index in [1.807, 2.05) is 4.90 Å². The van der Waals surface area contributed by atoms with Gasteiger partial charge in [0.05, 0.1) is 9.85 Å². The van der Waals surface area contributed by atoms with Crippen molar-refractivity contribution < 1.29 is 14.6 Å². The van der Waals surface area contributed by atoms with Crippen LogP contribution >= 0.6 is 0 Å². The zero-order chi connectivity index (χ0) is 20.8. The van der Waals surface area contributed by atoms with Crippen LogP contribution in [0.5, 0.6) is 0 Å². The molecule has 1 amide bonds. The highest BCUT2D eigenvalue weighted by Gasteiger charge is 2.25. The molecule has 2 aromatic carbocycles. The molecule has 1 fully saturated rings. The van der Waals surface area contributed by atoms with Crippen LogP contribution < -0.4 is 10.2 Å². The molecule has 0 bridgehead atoms. The lowest BCUT2D eigenvalue weighted by Gasteiger charge is -2.35. The molecule has 3 rings (SSSR count). The van der Waals surface area contributed by atoms with Crippen molar-refractivity contribution in [3.63, 3.8) is 0 Å². The van der Waals surface area contributed by atoms with Gasteiger partial charge in [-0.3, -0.25) is 25.0 Å². The number of carbonyl (C=O) groups is 1. The Balaban J connectivity index is 1.51. The van der Waals surface area contributed by atoms with E-state index < -0.39 is 9.85 Å². The smallest absolute Gasteiger partial charge is 0.292 e. The lowest BCUT2D eigenvalue weighted by Crippen LogP contribution is -2.49. The minimum absolute atomic E-state index is 0.0296. The maximum atomic E-state index is 12.5. The summed E-state index contributed by atoms with van der Waals surface area (Å²) in [6, 6.07) is 12.9. The number of benzene rings is 2. The molecule has 1 saturated heterocycles. The van der Waals surface area contributed by atoms with E-state index in [0.717, 1.165) is 0 Å². The van der Waals surface area contributed by atoms with Crippen molar-refractivity contribution in [3.05, 3.63) is 68.8 Å². The van der Waals surface area contributed by atoms with Crippen molar-refractivity contribution >= 4 is 28.7 Å². The third-order valence-corrected chi connectivity index (χ3v) is 4.81. The first kappa shape index (κ1) is 20.1. The third kappa shape index (κ3) is 4.78. The minimum Gasteiger partial charge on any atom is -0.379 e. The fourth-order valence-electron chi connectivity index (χ4n) is 3.33. The summed E-state index contributed by atoms with van der Waals surface area (Å²) in [5, 5.41) is 25.2. The lowest BCUT2D eigenvalue weighted by molar-refractivity contribution is -0.384. The highest BCUT2D eigenvalue weighted by Crippen LogP contribution is 2.28. The average molecular weight is 399 g/mol. The summed E-state index contributed by atoms with van der Waals surface area (Å²) in [5.74, 6) is -0.0571. The minimum atomic E-state index is -0.466. The van der Waals surface area contributed by atoms with Crippen LogP contribution in [0.4, 0.5) is 22.7 Å². The zero-order valence-electron chi connectivity index (χ0n) is 15.7. The van der Waals surface area contributed by atoms with Gasteiger partial charge in [-0.05, 0) is 12.1 Å². The Morgan fingerprint density at radius 3 is 2.14 bits per heavy atom. The van der Waals surface area contributed by atoms with Crippen LogP contribution in [0.2, 0.25) is 0 Å². The maximum absolute atomic E-state index is 12.5.